The molecule has 0 amide bonds. The van der Waals surface area contributed by atoms with E-state index in [1.807, 2.05) is 0 Å². The van der Waals surface area contributed by atoms with Crippen LogP contribution in [0.25, 0.3) is 0 Å². The van der Waals surface area contributed by atoms with Crippen LogP contribution in [0.2, 0.25) is 5.15 Å². The van der Waals surface area contributed by atoms with Crippen LogP contribution in [0.5, 0.6) is 5.88 Å². The lowest BCUT2D eigenvalue weighted by atomic mass is 10.5. The first-order valence-corrected chi connectivity index (χ1v) is 3.95. The van der Waals surface area contributed by atoms with Crippen molar-refractivity contribution in [3.8, 4) is 5.88 Å². The van der Waals surface area contributed by atoms with Crippen molar-refractivity contribution >= 4 is 23.4 Å². The molecule has 0 N–H and O–H groups in total. The van der Waals surface area contributed by atoms with E-state index in [1.54, 1.807) is 6.92 Å². The first-order chi connectivity index (χ1) is 5.65. The molecule has 0 aliphatic rings. The van der Waals surface area contributed by atoms with Crippen LogP contribution in [0, 0.1) is 0 Å². The van der Waals surface area contributed by atoms with E-state index in [0.717, 1.165) is 10.3 Å². The molecule has 4 nitrogen and oxygen atoms in total. The van der Waals surface area contributed by atoms with Gasteiger partial charge in [-0.15, -0.1) is 5.10 Å². The number of hydrogen-bond donors (Lipinski definition) is 0. The van der Waals surface area contributed by atoms with Crippen molar-refractivity contribution in [2.75, 3.05) is 6.61 Å². The van der Waals surface area contributed by atoms with E-state index in [-0.39, 0.29) is 16.5 Å². The number of hydrogen-bond acceptors (Lipinski definition) is 3. The Hall–Kier alpha value is -0.740. The summed E-state index contributed by atoms with van der Waals surface area (Å²) in [5.74, 6) is -0.0445. The maximum Gasteiger partial charge on any atom is 0.281 e. The summed E-state index contributed by atoms with van der Waals surface area (Å²) in [6.45, 7) is 2.11. The van der Waals surface area contributed by atoms with E-state index >= 15 is 0 Å². The smallest absolute Gasteiger partial charge is 0.281 e. The Kier molecular flexibility index (Phi) is 2.94. The molecule has 0 atom stereocenters. The van der Waals surface area contributed by atoms with Gasteiger partial charge in [0.1, 0.15) is 5.15 Å². The Morgan fingerprint density at radius 2 is 2.42 bits per heavy atom. The van der Waals surface area contributed by atoms with Gasteiger partial charge in [0.15, 0.2) is 0 Å². The SMILES string of the molecule is CCOc1nn(Cl)c(Cl)cc1=O. The Bertz CT molecular complexity index is 337. The van der Waals surface area contributed by atoms with Crippen molar-refractivity contribution in [2.45, 2.75) is 6.92 Å². The molecule has 1 aromatic rings. The largest absolute Gasteiger partial charge is 0.474 e. The Balaban J connectivity index is 3.14. The summed E-state index contributed by atoms with van der Waals surface area (Å²) in [5, 5.41) is 3.64. The molecule has 1 rings (SSSR count). The van der Waals surface area contributed by atoms with Crippen molar-refractivity contribution in [1.29, 1.82) is 0 Å². The lowest BCUT2D eigenvalue weighted by Crippen LogP contribution is -2.12. The summed E-state index contributed by atoms with van der Waals surface area (Å²) in [4.78, 5) is 11.0. The zero-order valence-electron chi connectivity index (χ0n) is 6.25. The number of nitrogens with zero attached hydrogens (tertiary/aromatic N) is 2. The maximum absolute atomic E-state index is 11.0. The Morgan fingerprint density at radius 3 is 3.00 bits per heavy atom. The molecule has 0 fully saturated rings. The van der Waals surface area contributed by atoms with Crippen LogP contribution >= 0.6 is 23.4 Å². The molecule has 12 heavy (non-hydrogen) atoms. The number of ether oxygens (including phenoxy) is 1. The average molecular weight is 209 g/mol. The second-order valence-electron chi connectivity index (χ2n) is 1.93. The maximum atomic E-state index is 11.0. The minimum Gasteiger partial charge on any atom is -0.474 e. The zero-order chi connectivity index (χ0) is 9.14. The first kappa shape index (κ1) is 9.35. The lowest BCUT2D eigenvalue weighted by molar-refractivity contribution is 0.318. The third kappa shape index (κ3) is 1.89. The fourth-order valence-corrected chi connectivity index (χ4v) is 0.891. The second kappa shape index (κ2) is 3.78. The molecule has 0 saturated heterocycles. The van der Waals surface area contributed by atoms with Gasteiger partial charge in [0.2, 0.25) is 5.43 Å². The molecule has 0 bridgehead atoms. The molecule has 6 heteroatoms. The fourth-order valence-electron chi connectivity index (χ4n) is 0.637. The van der Waals surface area contributed by atoms with Crippen LogP contribution in [0.3, 0.4) is 0 Å². The number of halogens is 2. The molecule has 1 aromatic heterocycles. The average Bonchev–Trinajstić information content (AvgIpc) is 2.01. The second-order valence-corrected chi connectivity index (χ2v) is 2.64. The molecule has 0 spiro atoms. The van der Waals surface area contributed by atoms with Gasteiger partial charge in [0.05, 0.1) is 6.61 Å². The fraction of sp³-hybridized carbons (Fsp3) is 0.333. The van der Waals surface area contributed by atoms with Gasteiger partial charge in [-0.1, -0.05) is 11.6 Å². The van der Waals surface area contributed by atoms with E-state index in [4.69, 9.17) is 28.1 Å². The third-order valence-corrected chi connectivity index (χ3v) is 1.71. The highest BCUT2D eigenvalue weighted by molar-refractivity contribution is 6.32. The summed E-state index contributed by atoms with van der Waals surface area (Å²) in [5.41, 5.74) is -0.376. The monoisotopic (exact) mass is 208 g/mol. The molecule has 0 aliphatic heterocycles. The van der Waals surface area contributed by atoms with Gasteiger partial charge >= 0.3 is 0 Å². The Labute approximate surface area is 78.8 Å². The van der Waals surface area contributed by atoms with E-state index in [2.05, 4.69) is 5.10 Å². The summed E-state index contributed by atoms with van der Waals surface area (Å²) < 4.78 is 5.74. The van der Waals surface area contributed by atoms with Crippen molar-refractivity contribution < 1.29 is 4.74 Å². The van der Waals surface area contributed by atoms with Gasteiger partial charge in [0, 0.05) is 17.8 Å². The van der Waals surface area contributed by atoms with Crippen molar-refractivity contribution in [2.24, 2.45) is 0 Å². The minimum atomic E-state index is -0.376. The van der Waals surface area contributed by atoms with Gasteiger partial charge in [-0.3, -0.25) is 4.79 Å². The van der Waals surface area contributed by atoms with Crippen molar-refractivity contribution in [3.05, 3.63) is 21.4 Å². The Morgan fingerprint density at radius 1 is 1.75 bits per heavy atom. The quantitative estimate of drug-likeness (QED) is 0.737. The standard InChI is InChI=1S/C6H6Cl2N2O2/c1-2-12-6-4(11)3-5(7)10(8)9-6/h3H,2H2,1H3. The highest BCUT2D eigenvalue weighted by atomic mass is 35.5. The first-order valence-electron chi connectivity index (χ1n) is 3.24. The van der Waals surface area contributed by atoms with Crippen molar-refractivity contribution in [3.63, 3.8) is 0 Å². The van der Waals surface area contributed by atoms with E-state index in [1.165, 1.54) is 0 Å². The topological polar surface area (TPSA) is 44.1 Å². The number of aromatic nitrogens is 2. The summed E-state index contributed by atoms with van der Waals surface area (Å²) in [7, 11) is 0. The molecule has 0 aromatic carbocycles. The molecule has 0 saturated carbocycles. The van der Waals surface area contributed by atoms with Crippen LogP contribution in [-0.4, -0.2) is 15.9 Å². The molecular formula is C6H6Cl2N2O2. The van der Waals surface area contributed by atoms with E-state index in [0.29, 0.717) is 6.61 Å². The highest BCUT2D eigenvalue weighted by Gasteiger charge is 2.05. The van der Waals surface area contributed by atoms with Crippen LogP contribution in [0.1, 0.15) is 6.92 Å². The van der Waals surface area contributed by atoms with E-state index in [9.17, 15) is 4.79 Å². The van der Waals surface area contributed by atoms with Gasteiger partial charge in [0.25, 0.3) is 5.88 Å². The summed E-state index contributed by atoms with van der Waals surface area (Å²) in [6.07, 6.45) is 0. The van der Waals surface area contributed by atoms with Crippen molar-refractivity contribution in [1.82, 2.24) is 9.30 Å². The molecule has 0 aliphatic carbocycles. The molecule has 0 radical (unpaired) electrons. The molecule has 1 heterocycles. The van der Waals surface area contributed by atoms with Crippen LogP contribution < -0.4 is 10.2 Å². The van der Waals surface area contributed by atoms with Gasteiger partial charge < -0.3 is 4.74 Å². The predicted octanol–water partition coefficient (Wildman–Crippen LogP) is 1.30. The van der Waals surface area contributed by atoms with Crippen LogP contribution in [0.15, 0.2) is 10.9 Å². The molecule has 0 unspecified atom stereocenters. The molecule has 66 valence electrons. The minimum absolute atomic E-state index is 0.0445. The van der Waals surface area contributed by atoms with Gasteiger partial charge in [-0.2, -0.15) is 4.20 Å². The van der Waals surface area contributed by atoms with Crippen LogP contribution in [0.4, 0.5) is 0 Å². The van der Waals surface area contributed by atoms with E-state index < -0.39 is 0 Å². The van der Waals surface area contributed by atoms with Gasteiger partial charge in [-0.25, -0.2) is 0 Å². The normalized spacial score (nSPS) is 9.92. The zero-order valence-corrected chi connectivity index (χ0v) is 7.76. The molecular weight excluding hydrogens is 203 g/mol. The summed E-state index contributed by atoms with van der Waals surface area (Å²) >= 11 is 11.0. The predicted molar refractivity (Wildman–Crippen MR) is 45.9 cm³/mol. The van der Waals surface area contributed by atoms with Gasteiger partial charge in [-0.05, 0) is 6.92 Å². The summed E-state index contributed by atoms with van der Waals surface area (Å²) in [6, 6.07) is 1.15. The van der Waals surface area contributed by atoms with Crippen LogP contribution in [-0.2, 0) is 0 Å². The highest BCUT2D eigenvalue weighted by Crippen LogP contribution is 2.08. The lowest BCUT2D eigenvalue weighted by Gasteiger charge is -2.01. The third-order valence-electron chi connectivity index (χ3n) is 1.10. The number of rotatable bonds is 2.